The number of nitrogens with zero attached hydrogens (tertiary/aromatic N) is 3. The largest absolute Gasteiger partial charge is 0.382 e. The molecule has 0 spiro atoms. The first-order valence-electron chi connectivity index (χ1n) is 6.56. The van der Waals surface area contributed by atoms with Gasteiger partial charge < -0.3 is 5.32 Å². The third kappa shape index (κ3) is 2.23. The molecule has 1 aliphatic carbocycles. The van der Waals surface area contributed by atoms with Crippen LogP contribution in [-0.2, 0) is 0 Å². The number of anilines is 1. The van der Waals surface area contributed by atoms with Crippen molar-refractivity contribution in [2.45, 2.75) is 32.2 Å². The SMILES string of the molecule is CC1CCCC1Nc1ccc(-n2nccn2)cc1. The van der Waals surface area contributed by atoms with Gasteiger partial charge in [0.2, 0.25) is 0 Å². The molecule has 0 bridgehead atoms. The lowest BCUT2D eigenvalue weighted by Gasteiger charge is -2.18. The molecule has 0 radical (unpaired) electrons. The normalized spacial score (nSPS) is 23.2. The van der Waals surface area contributed by atoms with Crippen molar-refractivity contribution in [1.29, 1.82) is 0 Å². The molecule has 1 aromatic heterocycles. The summed E-state index contributed by atoms with van der Waals surface area (Å²) in [5, 5.41) is 11.8. The van der Waals surface area contributed by atoms with Crippen molar-refractivity contribution < 1.29 is 0 Å². The molecule has 1 fully saturated rings. The van der Waals surface area contributed by atoms with Crippen LogP contribution in [0.15, 0.2) is 36.7 Å². The average molecular weight is 242 g/mol. The van der Waals surface area contributed by atoms with Crippen molar-refractivity contribution in [2.75, 3.05) is 5.32 Å². The zero-order valence-electron chi connectivity index (χ0n) is 10.6. The second-order valence-electron chi connectivity index (χ2n) is 5.02. The van der Waals surface area contributed by atoms with Gasteiger partial charge in [0.25, 0.3) is 0 Å². The van der Waals surface area contributed by atoms with E-state index < -0.39 is 0 Å². The summed E-state index contributed by atoms with van der Waals surface area (Å²) in [5.74, 6) is 0.775. The first-order valence-corrected chi connectivity index (χ1v) is 6.56. The molecule has 2 unspecified atom stereocenters. The van der Waals surface area contributed by atoms with Gasteiger partial charge in [-0.2, -0.15) is 15.0 Å². The van der Waals surface area contributed by atoms with E-state index in [0.717, 1.165) is 11.6 Å². The van der Waals surface area contributed by atoms with Gasteiger partial charge in [0.05, 0.1) is 18.1 Å². The van der Waals surface area contributed by atoms with Crippen LogP contribution < -0.4 is 5.32 Å². The zero-order chi connectivity index (χ0) is 12.4. The van der Waals surface area contributed by atoms with Crippen molar-refractivity contribution in [1.82, 2.24) is 15.0 Å². The van der Waals surface area contributed by atoms with Crippen molar-refractivity contribution in [3.63, 3.8) is 0 Å². The molecule has 1 N–H and O–H groups in total. The molecule has 3 rings (SSSR count). The highest BCUT2D eigenvalue weighted by molar-refractivity contribution is 5.49. The lowest BCUT2D eigenvalue weighted by molar-refractivity contribution is 0.556. The lowest BCUT2D eigenvalue weighted by atomic mass is 10.1. The van der Waals surface area contributed by atoms with Gasteiger partial charge >= 0.3 is 0 Å². The van der Waals surface area contributed by atoms with E-state index in [-0.39, 0.29) is 0 Å². The topological polar surface area (TPSA) is 42.7 Å². The van der Waals surface area contributed by atoms with E-state index in [4.69, 9.17) is 0 Å². The van der Waals surface area contributed by atoms with E-state index in [0.29, 0.717) is 6.04 Å². The Kier molecular flexibility index (Phi) is 3.00. The molecule has 1 aliphatic rings. The Morgan fingerprint density at radius 2 is 1.83 bits per heavy atom. The quantitative estimate of drug-likeness (QED) is 0.900. The number of benzene rings is 1. The molecule has 0 amide bonds. The Hall–Kier alpha value is -1.84. The molecule has 4 heteroatoms. The Labute approximate surface area is 107 Å². The van der Waals surface area contributed by atoms with Gasteiger partial charge in [0.15, 0.2) is 0 Å². The van der Waals surface area contributed by atoms with Gasteiger partial charge in [-0.05, 0) is 43.0 Å². The summed E-state index contributed by atoms with van der Waals surface area (Å²) >= 11 is 0. The monoisotopic (exact) mass is 242 g/mol. The van der Waals surface area contributed by atoms with E-state index >= 15 is 0 Å². The molecule has 1 aromatic carbocycles. The fourth-order valence-electron chi connectivity index (χ4n) is 2.61. The minimum Gasteiger partial charge on any atom is -0.382 e. The van der Waals surface area contributed by atoms with Crippen LogP contribution in [0, 0.1) is 5.92 Å². The molecular formula is C14H18N4. The Bertz CT molecular complexity index is 489. The average Bonchev–Trinajstić information content (AvgIpc) is 3.03. The third-order valence-corrected chi connectivity index (χ3v) is 3.73. The van der Waals surface area contributed by atoms with Crippen LogP contribution in [0.4, 0.5) is 5.69 Å². The van der Waals surface area contributed by atoms with Crippen LogP contribution in [0.25, 0.3) is 5.69 Å². The van der Waals surface area contributed by atoms with Crippen molar-refractivity contribution in [3.05, 3.63) is 36.7 Å². The molecule has 4 nitrogen and oxygen atoms in total. The number of aromatic nitrogens is 3. The van der Waals surface area contributed by atoms with Crippen LogP contribution in [-0.4, -0.2) is 21.0 Å². The molecule has 1 saturated carbocycles. The Morgan fingerprint density at radius 3 is 2.44 bits per heavy atom. The minimum absolute atomic E-state index is 0.624. The van der Waals surface area contributed by atoms with E-state index in [1.54, 1.807) is 17.2 Å². The summed E-state index contributed by atoms with van der Waals surface area (Å²) in [6.45, 7) is 2.33. The molecule has 2 aromatic rings. The number of nitrogens with one attached hydrogen (secondary N) is 1. The highest BCUT2D eigenvalue weighted by Gasteiger charge is 2.22. The highest BCUT2D eigenvalue weighted by Crippen LogP contribution is 2.28. The number of rotatable bonds is 3. The summed E-state index contributed by atoms with van der Waals surface area (Å²) < 4.78 is 0. The standard InChI is InChI=1S/C14H18N4/c1-11-3-2-4-14(11)17-12-5-7-13(8-6-12)18-15-9-10-16-18/h5-11,14,17H,2-4H2,1H3. The second kappa shape index (κ2) is 4.80. The third-order valence-electron chi connectivity index (χ3n) is 3.73. The van der Waals surface area contributed by atoms with Gasteiger partial charge in [-0.25, -0.2) is 0 Å². The van der Waals surface area contributed by atoms with Gasteiger partial charge in [0, 0.05) is 11.7 Å². The van der Waals surface area contributed by atoms with Crippen LogP contribution >= 0.6 is 0 Å². The maximum absolute atomic E-state index is 4.12. The van der Waals surface area contributed by atoms with E-state index in [1.807, 2.05) is 12.1 Å². The van der Waals surface area contributed by atoms with Crippen LogP contribution in [0.1, 0.15) is 26.2 Å². The summed E-state index contributed by atoms with van der Waals surface area (Å²) in [4.78, 5) is 1.63. The molecular weight excluding hydrogens is 224 g/mol. The summed E-state index contributed by atoms with van der Waals surface area (Å²) in [6.07, 6.45) is 7.34. The van der Waals surface area contributed by atoms with Crippen LogP contribution in [0.3, 0.4) is 0 Å². The minimum atomic E-state index is 0.624. The first-order chi connectivity index (χ1) is 8.83. The van der Waals surface area contributed by atoms with Gasteiger partial charge in [0.1, 0.15) is 0 Å². The summed E-state index contributed by atoms with van der Waals surface area (Å²) in [6, 6.07) is 8.91. The van der Waals surface area contributed by atoms with Crippen LogP contribution in [0.2, 0.25) is 0 Å². The Balaban J connectivity index is 1.71. The van der Waals surface area contributed by atoms with Gasteiger partial charge in [-0.1, -0.05) is 13.3 Å². The fraction of sp³-hybridized carbons (Fsp3) is 0.429. The van der Waals surface area contributed by atoms with Gasteiger partial charge in [-0.3, -0.25) is 0 Å². The summed E-state index contributed by atoms with van der Waals surface area (Å²) in [7, 11) is 0. The molecule has 94 valence electrons. The van der Waals surface area contributed by atoms with E-state index in [1.165, 1.54) is 24.9 Å². The van der Waals surface area contributed by atoms with E-state index in [2.05, 4.69) is 34.6 Å². The molecule has 0 saturated heterocycles. The Morgan fingerprint density at radius 1 is 1.11 bits per heavy atom. The number of hydrogen-bond acceptors (Lipinski definition) is 3. The zero-order valence-corrected chi connectivity index (χ0v) is 10.6. The van der Waals surface area contributed by atoms with Crippen molar-refractivity contribution >= 4 is 5.69 Å². The smallest absolute Gasteiger partial charge is 0.0858 e. The molecule has 0 aliphatic heterocycles. The predicted molar refractivity (Wildman–Crippen MR) is 71.8 cm³/mol. The summed E-state index contributed by atoms with van der Waals surface area (Å²) in [5.41, 5.74) is 2.18. The lowest BCUT2D eigenvalue weighted by Crippen LogP contribution is -2.21. The molecule has 2 atom stereocenters. The predicted octanol–water partition coefficient (Wildman–Crippen LogP) is 2.87. The second-order valence-corrected chi connectivity index (χ2v) is 5.02. The number of hydrogen-bond donors (Lipinski definition) is 1. The van der Waals surface area contributed by atoms with Crippen LogP contribution in [0.5, 0.6) is 0 Å². The molecule has 18 heavy (non-hydrogen) atoms. The maximum atomic E-state index is 4.12. The van der Waals surface area contributed by atoms with E-state index in [9.17, 15) is 0 Å². The van der Waals surface area contributed by atoms with Crippen molar-refractivity contribution in [3.8, 4) is 5.69 Å². The highest BCUT2D eigenvalue weighted by atomic mass is 15.5. The van der Waals surface area contributed by atoms with Gasteiger partial charge in [-0.15, -0.1) is 0 Å². The maximum Gasteiger partial charge on any atom is 0.0858 e. The van der Waals surface area contributed by atoms with Crippen molar-refractivity contribution in [2.24, 2.45) is 5.92 Å². The molecule has 1 heterocycles. The fourth-order valence-corrected chi connectivity index (χ4v) is 2.61. The first kappa shape index (κ1) is 11.3.